The van der Waals surface area contributed by atoms with E-state index >= 15 is 0 Å². The van der Waals surface area contributed by atoms with Gasteiger partial charge in [-0.25, -0.2) is 9.59 Å². The first-order chi connectivity index (χ1) is 28.8. The van der Waals surface area contributed by atoms with Crippen LogP contribution in [0.15, 0.2) is 91.0 Å². The van der Waals surface area contributed by atoms with Gasteiger partial charge in [0.05, 0.1) is 35.9 Å². The summed E-state index contributed by atoms with van der Waals surface area (Å²) in [4.78, 5) is 47.4. The number of carboxylic acids is 2. The summed E-state index contributed by atoms with van der Waals surface area (Å²) >= 11 is 3.23. The smallest absolute Gasteiger partial charge is 0.411 e. The van der Waals surface area contributed by atoms with Crippen LogP contribution in [0.3, 0.4) is 0 Å². The third-order valence-corrected chi connectivity index (χ3v) is 8.58. The van der Waals surface area contributed by atoms with Gasteiger partial charge in [0.15, 0.2) is 0 Å². The Balaban J connectivity index is 0.000000304. The number of carbonyl (C=O) groups excluding carboxylic acids is 2. The zero-order valence-electron chi connectivity index (χ0n) is 35.5. The molecule has 13 heteroatoms. The number of amides is 1. The van der Waals surface area contributed by atoms with Crippen molar-refractivity contribution in [3.05, 3.63) is 108 Å². The Bertz CT molecular complexity index is 1960. The predicted octanol–water partition coefficient (Wildman–Crippen LogP) is 6.78. The molecule has 5 rings (SSSR count). The monoisotopic (exact) mass is 901 g/mol. The lowest BCUT2D eigenvalue weighted by Gasteiger charge is -2.26. The van der Waals surface area contributed by atoms with Crippen LogP contribution in [0, 0.1) is 47.4 Å². The Morgan fingerprint density at radius 3 is 1.56 bits per heavy atom. The number of nitrogens with zero attached hydrogens (tertiary/aromatic N) is 1. The van der Waals surface area contributed by atoms with Crippen molar-refractivity contribution < 1.29 is 53.8 Å². The van der Waals surface area contributed by atoms with Gasteiger partial charge < -0.3 is 34.6 Å². The van der Waals surface area contributed by atoms with E-state index in [-0.39, 0.29) is 45.1 Å². The number of hydrogen-bond acceptors (Lipinski definition) is 9. The zero-order valence-corrected chi connectivity index (χ0v) is 37.1. The number of benzene rings is 3. The second-order valence-corrected chi connectivity index (χ2v) is 16.2. The fraction of sp³-hybridized carbons (Fsp3) is 0.417. The molecule has 1 aliphatic carbocycles. The maximum atomic E-state index is 12.2. The molecule has 1 saturated heterocycles. The molecule has 0 aromatic heterocycles. The molecule has 1 aliphatic heterocycles. The Hall–Kier alpha value is -5.62. The molecule has 0 bridgehead atoms. The highest BCUT2D eigenvalue weighted by molar-refractivity contribution is 9.09. The largest absolute Gasteiger partial charge is 0.481 e. The van der Waals surface area contributed by atoms with Crippen molar-refractivity contribution >= 4 is 39.9 Å². The maximum Gasteiger partial charge on any atom is 0.411 e. The van der Waals surface area contributed by atoms with Gasteiger partial charge in [0.1, 0.15) is 30.5 Å². The van der Waals surface area contributed by atoms with E-state index in [4.69, 9.17) is 24.4 Å². The quantitative estimate of drug-likeness (QED) is 0.121. The lowest BCUT2D eigenvalue weighted by atomic mass is 9.96. The van der Waals surface area contributed by atoms with E-state index in [1.807, 2.05) is 91.0 Å². The van der Waals surface area contributed by atoms with Crippen LogP contribution in [-0.2, 0) is 28.6 Å². The van der Waals surface area contributed by atoms with E-state index in [2.05, 4.69) is 51.5 Å². The summed E-state index contributed by atoms with van der Waals surface area (Å²) in [5.41, 5.74) is 1.59. The van der Waals surface area contributed by atoms with Crippen molar-refractivity contribution in [2.24, 2.45) is 11.8 Å². The number of hydrogen-bond donors (Lipinski definition) is 4. The number of ether oxygens (including phenoxy) is 3. The van der Waals surface area contributed by atoms with Gasteiger partial charge in [0, 0.05) is 23.1 Å². The SMILES string of the molecule is BrCC#Cc1ccccc1.CC(C)(C)OC(=O)C1C[C@H](O)C[C@H]1C(=O)O.CC(C)(C)OC(=O)N1C[C@H](OCC#Cc2ccccc2)C[C@H]1C(=O)O.OCC#Cc1ccccc1. The average molecular weight is 903 g/mol. The first-order valence-corrected chi connectivity index (χ1v) is 20.7. The topological polar surface area (TPSA) is 180 Å². The van der Waals surface area contributed by atoms with Crippen molar-refractivity contribution in [2.75, 3.05) is 25.1 Å². The van der Waals surface area contributed by atoms with Gasteiger partial charge in [-0.15, -0.1) is 0 Å². The van der Waals surface area contributed by atoms with E-state index in [0.717, 1.165) is 22.0 Å². The molecule has 326 valence electrons. The number of esters is 1. The zero-order chi connectivity index (χ0) is 45.4. The van der Waals surface area contributed by atoms with Crippen LogP contribution in [0.4, 0.5) is 4.79 Å². The van der Waals surface area contributed by atoms with Gasteiger partial charge >= 0.3 is 24.0 Å². The normalized spacial score (nSPS) is 18.7. The summed E-state index contributed by atoms with van der Waals surface area (Å²) < 4.78 is 16.0. The number of halogens is 1. The molecule has 1 saturated carbocycles. The second kappa shape index (κ2) is 26.6. The molecule has 1 unspecified atom stereocenters. The van der Waals surface area contributed by atoms with Crippen molar-refractivity contribution in [1.29, 1.82) is 0 Å². The number of rotatable bonds is 5. The lowest BCUT2D eigenvalue weighted by molar-refractivity contribution is -0.165. The van der Waals surface area contributed by atoms with Crippen LogP contribution in [0.5, 0.6) is 0 Å². The van der Waals surface area contributed by atoms with Crippen LogP contribution < -0.4 is 0 Å². The average Bonchev–Trinajstić information content (AvgIpc) is 3.83. The highest BCUT2D eigenvalue weighted by Gasteiger charge is 2.44. The van der Waals surface area contributed by atoms with Crippen LogP contribution in [0.1, 0.15) is 77.5 Å². The van der Waals surface area contributed by atoms with Crippen LogP contribution in [0.25, 0.3) is 0 Å². The second-order valence-electron chi connectivity index (χ2n) is 15.7. The molecule has 61 heavy (non-hydrogen) atoms. The number of alkyl halides is 1. The molecule has 3 aromatic rings. The van der Waals surface area contributed by atoms with Gasteiger partial charge in [0.2, 0.25) is 0 Å². The number of carbonyl (C=O) groups is 4. The van der Waals surface area contributed by atoms with Crippen LogP contribution in [0.2, 0.25) is 0 Å². The fourth-order valence-corrected chi connectivity index (χ4v) is 5.88. The highest BCUT2D eigenvalue weighted by atomic mass is 79.9. The Labute approximate surface area is 367 Å². The molecule has 0 spiro atoms. The number of aliphatic hydroxyl groups excluding tert-OH is 2. The summed E-state index contributed by atoms with van der Waals surface area (Å²) in [6.45, 7) is 10.7. The van der Waals surface area contributed by atoms with Gasteiger partial charge in [-0.3, -0.25) is 14.5 Å². The van der Waals surface area contributed by atoms with Gasteiger partial charge in [-0.05, 0) is 90.8 Å². The minimum absolute atomic E-state index is 0.0745. The minimum Gasteiger partial charge on any atom is -0.481 e. The Morgan fingerprint density at radius 2 is 1.13 bits per heavy atom. The number of aliphatic carboxylic acids is 2. The number of aliphatic hydroxyl groups is 2. The van der Waals surface area contributed by atoms with E-state index in [1.165, 1.54) is 4.90 Å². The molecular weight excluding hydrogens is 846 g/mol. The summed E-state index contributed by atoms with van der Waals surface area (Å²) in [7, 11) is 0. The number of likely N-dealkylation sites (tertiary alicyclic amines) is 1. The molecule has 1 amide bonds. The van der Waals surface area contributed by atoms with Crippen molar-refractivity contribution in [2.45, 2.75) is 90.3 Å². The van der Waals surface area contributed by atoms with Crippen LogP contribution in [-0.4, -0.2) is 104 Å². The fourth-order valence-electron chi connectivity index (χ4n) is 5.74. The Morgan fingerprint density at radius 1 is 0.672 bits per heavy atom. The lowest BCUT2D eigenvalue weighted by Crippen LogP contribution is -2.43. The van der Waals surface area contributed by atoms with E-state index in [9.17, 15) is 29.4 Å². The minimum atomic E-state index is -1.06. The summed E-state index contributed by atoms with van der Waals surface area (Å²) in [6, 6.07) is 28.1. The first-order valence-electron chi connectivity index (χ1n) is 19.6. The van der Waals surface area contributed by atoms with Crippen molar-refractivity contribution in [3.63, 3.8) is 0 Å². The van der Waals surface area contributed by atoms with E-state index < -0.39 is 59.2 Å². The van der Waals surface area contributed by atoms with Crippen LogP contribution >= 0.6 is 15.9 Å². The van der Waals surface area contributed by atoms with E-state index in [1.54, 1.807) is 41.5 Å². The van der Waals surface area contributed by atoms with Crippen molar-refractivity contribution in [3.8, 4) is 35.5 Å². The van der Waals surface area contributed by atoms with Crippen molar-refractivity contribution in [1.82, 2.24) is 4.90 Å². The molecule has 1 heterocycles. The molecule has 2 aliphatic rings. The molecule has 0 radical (unpaired) electrons. The van der Waals surface area contributed by atoms with Gasteiger partial charge in [0.25, 0.3) is 0 Å². The van der Waals surface area contributed by atoms with E-state index in [0.29, 0.717) is 0 Å². The molecular formula is C48H56BrNO11. The summed E-state index contributed by atoms with van der Waals surface area (Å²) in [6.07, 6.45) is -1.22. The molecule has 2 fully saturated rings. The maximum absolute atomic E-state index is 12.2. The Kier molecular flexibility index (Phi) is 22.4. The molecule has 12 nitrogen and oxygen atoms in total. The summed E-state index contributed by atoms with van der Waals surface area (Å²) in [5, 5.41) is 36.8. The predicted molar refractivity (Wildman–Crippen MR) is 235 cm³/mol. The third kappa shape index (κ3) is 21.5. The van der Waals surface area contributed by atoms with Gasteiger partial charge in [-0.2, -0.15) is 0 Å². The van der Waals surface area contributed by atoms with Gasteiger partial charge in [-0.1, -0.05) is 106 Å². The standard InChI is InChI=1S/C19H23NO5.C11H18O5.C9H7Br.C9H8O/c1-19(2,3)25-18(23)20-13-15(12-16(20)17(21)22)24-11-7-10-14-8-5-4-6-9-14;1-11(2,3)16-10(15)8-5-6(12)4-7(8)9(13)14;2*10-8-4-7-9-5-2-1-3-6-9/h4-6,8-9,15-16H,11-13H2,1-3H3,(H,21,22);6-8,12H,4-5H2,1-3H3,(H,13,14);1-3,5-6H,8H2;1-3,5-6,10H,8H2/t15-,16+;6-,7-,8?;;/m11../s1. The third-order valence-electron chi connectivity index (χ3n) is 8.30. The molecule has 4 N–H and O–H groups in total. The number of carboxylic acid groups (broad SMARTS) is 2. The highest BCUT2D eigenvalue weighted by Crippen LogP contribution is 2.34. The molecule has 3 aromatic carbocycles. The summed E-state index contributed by atoms with van der Waals surface area (Å²) in [5.74, 6) is 13.0. The first kappa shape index (κ1) is 51.5. The molecule has 5 atom stereocenters.